The maximum Gasteiger partial charge on any atom is 0.243 e. The van der Waals surface area contributed by atoms with Crippen molar-refractivity contribution in [3.8, 4) is 0 Å². The largest absolute Gasteiger partial charge is 0.356 e. The molecule has 1 amide bonds. The number of benzene rings is 1. The second-order valence-electron chi connectivity index (χ2n) is 8.05. The lowest BCUT2D eigenvalue weighted by Gasteiger charge is -2.34. The summed E-state index contributed by atoms with van der Waals surface area (Å²) < 4.78 is 27.0. The lowest BCUT2D eigenvalue weighted by Crippen LogP contribution is -2.47. The van der Waals surface area contributed by atoms with Crippen LogP contribution in [0.5, 0.6) is 0 Å². The van der Waals surface area contributed by atoms with E-state index in [0.29, 0.717) is 37.5 Å². The highest BCUT2D eigenvalue weighted by molar-refractivity contribution is 7.89. The number of nitrogens with one attached hydrogen (secondary N) is 1. The first-order valence-electron chi connectivity index (χ1n) is 10.9. The molecule has 0 aliphatic carbocycles. The number of nitrogens with zero attached hydrogens (tertiary/aromatic N) is 3. The van der Waals surface area contributed by atoms with Crippen molar-refractivity contribution in [2.45, 2.75) is 31.1 Å². The third kappa shape index (κ3) is 6.17. The van der Waals surface area contributed by atoms with Crippen LogP contribution in [-0.2, 0) is 14.8 Å². The smallest absolute Gasteiger partial charge is 0.243 e. The Kier molecular flexibility index (Phi) is 8.53. The lowest BCUT2D eigenvalue weighted by molar-refractivity contribution is -0.126. The van der Waals surface area contributed by atoms with Crippen LogP contribution in [0, 0.1) is 5.92 Å². The molecule has 2 fully saturated rings. The van der Waals surface area contributed by atoms with Crippen molar-refractivity contribution in [3.05, 3.63) is 29.3 Å². The van der Waals surface area contributed by atoms with E-state index in [4.69, 9.17) is 11.6 Å². The van der Waals surface area contributed by atoms with E-state index in [1.807, 2.05) is 0 Å². The van der Waals surface area contributed by atoms with Gasteiger partial charge in [0.05, 0.1) is 4.90 Å². The van der Waals surface area contributed by atoms with Crippen LogP contribution in [-0.4, -0.2) is 87.3 Å². The highest BCUT2D eigenvalue weighted by atomic mass is 35.5. The van der Waals surface area contributed by atoms with Crippen LogP contribution in [0.25, 0.3) is 0 Å². The fourth-order valence-corrected chi connectivity index (χ4v) is 5.70. The maximum absolute atomic E-state index is 12.8. The minimum absolute atomic E-state index is 0.0503. The molecule has 7 nitrogen and oxygen atoms in total. The van der Waals surface area contributed by atoms with Crippen LogP contribution < -0.4 is 5.32 Å². The molecule has 0 aromatic heterocycles. The summed E-state index contributed by atoms with van der Waals surface area (Å²) in [6, 6.07) is 6.22. The van der Waals surface area contributed by atoms with Gasteiger partial charge in [-0.15, -0.1) is 0 Å². The molecule has 0 saturated carbocycles. The quantitative estimate of drug-likeness (QED) is 0.605. The van der Waals surface area contributed by atoms with Crippen LogP contribution in [0.3, 0.4) is 0 Å². The number of amides is 1. The van der Waals surface area contributed by atoms with Crippen molar-refractivity contribution in [2.75, 3.05) is 58.9 Å². The summed E-state index contributed by atoms with van der Waals surface area (Å²) in [5.41, 5.74) is 0. The number of rotatable bonds is 8. The van der Waals surface area contributed by atoms with Crippen LogP contribution in [0.15, 0.2) is 29.2 Å². The van der Waals surface area contributed by atoms with E-state index in [1.54, 1.807) is 12.1 Å². The van der Waals surface area contributed by atoms with Crippen LogP contribution in [0.1, 0.15) is 26.2 Å². The third-order valence-electron chi connectivity index (χ3n) is 6.14. The second kappa shape index (κ2) is 10.9. The van der Waals surface area contributed by atoms with Crippen molar-refractivity contribution in [1.29, 1.82) is 0 Å². The van der Waals surface area contributed by atoms with E-state index in [-0.39, 0.29) is 16.7 Å². The fourth-order valence-electron chi connectivity index (χ4n) is 4.10. The first kappa shape index (κ1) is 23.5. The Labute approximate surface area is 185 Å². The minimum atomic E-state index is -3.53. The maximum atomic E-state index is 12.8. The van der Waals surface area contributed by atoms with Crippen LogP contribution in [0.2, 0.25) is 5.02 Å². The predicted molar refractivity (Wildman–Crippen MR) is 119 cm³/mol. The summed E-state index contributed by atoms with van der Waals surface area (Å²) in [6.07, 6.45) is 2.05. The average Bonchev–Trinajstić information content (AvgIpc) is 2.77. The van der Waals surface area contributed by atoms with Gasteiger partial charge in [0.2, 0.25) is 15.9 Å². The van der Waals surface area contributed by atoms with Gasteiger partial charge < -0.3 is 15.1 Å². The van der Waals surface area contributed by atoms with Gasteiger partial charge in [-0.3, -0.25) is 4.79 Å². The van der Waals surface area contributed by atoms with Crippen molar-refractivity contribution in [1.82, 2.24) is 19.4 Å². The predicted octanol–water partition coefficient (Wildman–Crippen LogP) is 1.88. The first-order chi connectivity index (χ1) is 14.4. The van der Waals surface area contributed by atoms with Gasteiger partial charge in [0.25, 0.3) is 0 Å². The van der Waals surface area contributed by atoms with Gasteiger partial charge in [-0.05, 0) is 56.6 Å². The molecule has 2 aliphatic rings. The van der Waals surface area contributed by atoms with Gasteiger partial charge in [0.1, 0.15) is 0 Å². The Morgan fingerprint density at radius 2 is 1.63 bits per heavy atom. The van der Waals surface area contributed by atoms with Crippen molar-refractivity contribution >= 4 is 27.5 Å². The zero-order valence-corrected chi connectivity index (χ0v) is 19.3. The van der Waals surface area contributed by atoms with Crippen molar-refractivity contribution in [3.63, 3.8) is 0 Å². The number of likely N-dealkylation sites (N-methyl/N-ethyl adjacent to an activating group) is 1. The standard InChI is InChI=1S/C21H33ClN4O3S/c1-2-24-14-16-25(17-15-24)11-3-10-23-21(27)18-8-12-26(13-9-18)30(28,29)20-6-4-19(22)5-7-20/h4-7,18H,2-3,8-17H2,1H3,(H,23,27). The lowest BCUT2D eigenvalue weighted by atomic mass is 9.97. The van der Waals surface area contributed by atoms with E-state index in [2.05, 4.69) is 22.0 Å². The number of sulfonamides is 1. The Hall–Kier alpha value is -1.19. The molecule has 0 unspecified atom stereocenters. The van der Waals surface area contributed by atoms with Gasteiger partial charge in [0.15, 0.2) is 0 Å². The monoisotopic (exact) mass is 456 g/mol. The number of hydrogen-bond donors (Lipinski definition) is 1. The first-order valence-corrected chi connectivity index (χ1v) is 12.7. The SMILES string of the molecule is CCN1CCN(CCCNC(=O)C2CCN(S(=O)(=O)c3ccc(Cl)cc3)CC2)CC1. The van der Waals surface area contributed by atoms with Gasteiger partial charge in [-0.1, -0.05) is 18.5 Å². The number of halogens is 1. The summed E-state index contributed by atoms with van der Waals surface area (Å²) in [4.78, 5) is 17.6. The number of piperidine rings is 1. The van der Waals surface area contributed by atoms with Crippen LogP contribution >= 0.6 is 11.6 Å². The number of hydrogen-bond acceptors (Lipinski definition) is 5. The molecule has 30 heavy (non-hydrogen) atoms. The highest BCUT2D eigenvalue weighted by Crippen LogP contribution is 2.24. The summed E-state index contributed by atoms with van der Waals surface area (Å²) >= 11 is 5.85. The Balaban J connectivity index is 1.36. The van der Waals surface area contributed by atoms with Gasteiger partial charge in [0, 0.05) is 56.8 Å². The molecule has 0 bridgehead atoms. The Bertz CT molecular complexity index is 787. The Morgan fingerprint density at radius 3 is 2.23 bits per heavy atom. The summed E-state index contributed by atoms with van der Waals surface area (Å²) in [7, 11) is -3.53. The average molecular weight is 457 g/mol. The van der Waals surface area contributed by atoms with E-state index in [1.165, 1.54) is 16.4 Å². The molecule has 0 radical (unpaired) electrons. The normalized spacial score (nSPS) is 20.3. The van der Waals surface area contributed by atoms with E-state index in [9.17, 15) is 13.2 Å². The molecule has 0 atom stereocenters. The van der Waals surface area contributed by atoms with Gasteiger partial charge in [-0.2, -0.15) is 4.31 Å². The summed E-state index contributed by atoms with van der Waals surface area (Å²) in [5.74, 6) is -0.0656. The fraction of sp³-hybridized carbons (Fsp3) is 0.667. The molecule has 1 aromatic carbocycles. The zero-order valence-electron chi connectivity index (χ0n) is 17.7. The molecular formula is C21H33ClN4O3S. The van der Waals surface area contributed by atoms with Gasteiger partial charge >= 0.3 is 0 Å². The summed E-state index contributed by atoms with van der Waals surface area (Å²) in [6.45, 7) is 10.2. The van der Waals surface area contributed by atoms with Crippen LogP contribution in [0.4, 0.5) is 0 Å². The van der Waals surface area contributed by atoms with Crippen molar-refractivity contribution < 1.29 is 13.2 Å². The minimum Gasteiger partial charge on any atom is -0.356 e. The number of piperazine rings is 1. The molecule has 1 aromatic rings. The number of carbonyl (C=O) groups excluding carboxylic acids is 1. The molecular weight excluding hydrogens is 424 g/mol. The molecule has 2 heterocycles. The third-order valence-corrected chi connectivity index (χ3v) is 8.30. The highest BCUT2D eigenvalue weighted by Gasteiger charge is 2.32. The summed E-state index contributed by atoms with van der Waals surface area (Å²) in [5, 5.41) is 3.55. The van der Waals surface area contributed by atoms with E-state index in [0.717, 1.165) is 45.7 Å². The number of carbonyl (C=O) groups is 1. The van der Waals surface area contributed by atoms with E-state index < -0.39 is 10.0 Å². The zero-order chi connectivity index (χ0) is 21.6. The molecule has 0 spiro atoms. The molecule has 2 aliphatic heterocycles. The molecule has 3 rings (SSSR count). The van der Waals surface area contributed by atoms with E-state index >= 15 is 0 Å². The molecule has 1 N–H and O–H groups in total. The van der Waals surface area contributed by atoms with Gasteiger partial charge in [-0.25, -0.2) is 8.42 Å². The molecule has 9 heteroatoms. The van der Waals surface area contributed by atoms with Crippen molar-refractivity contribution in [2.24, 2.45) is 5.92 Å². The molecule has 2 saturated heterocycles. The molecule has 168 valence electrons. The Morgan fingerprint density at radius 1 is 1.03 bits per heavy atom. The topological polar surface area (TPSA) is 73.0 Å². The second-order valence-corrected chi connectivity index (χ2v) is 10.4.